The maximum absolute atomic E-state index is 12.5. The first-order valence-corrected chi connectivity index (χ1v) is 7.50. The minimum Gasteiger partial charge on any atom is -0.508 e. The Morgan fingerprint density at radius 2 is 1.81 bits per heavy atom. The van der Waals surface area contributed by atoms with Crippen LogP contribution in [0.4, 0.5) is 5.69 Å². The number of hydrogen-bond acceptors (Lipinski definition) is 3. The number of aromatic hydroxyl groups is 1. The zero-order valence-electron chi connectivity index (χ0n) is 10.8. The summed E-state index contributed by atoms with van der Waals surface area (Å²) >= 11 is 8.98. The lowest BCUT2D eigenvalue weighted by Gasteiger charge is -2.10. The molecule has 2 aromatic carbocycles. The SMILES string of the molecule is O=C(CBr)Nc1ccc(Cl)cc1C(=O)c1ccc(O)cc1. The van der Waals surface area contributed by atoms with E-state index in [1.165, 1.54) is 30.3 Å². The van der Waals surface area contributed by atoms with E-state index in [9.17, 15) is 14.7 Å². The molecule has 0 aromatic heterocycles. The number of carbonyl (C=O) groups excluding carboxylic acids is 2. The molecule has 0 heterocycles. The number of hydrogen-bond donors (Lipinski definition) is 2. The van der Waals surface area contributed by atoms with Gasteiger partial charge in [0.1, 0.15) is 5.75 Å². The number of phenols is 1. The lowest BCUT2D eigenvalue weighted by Crippen LogP contribution is -2.15. The van der Waals surface area contributed by atoms with E-state index in [0.717, 1.165) is 0 Å². The molecule has 0 aliphatic heterocycles. The summed E-state index contributed by atoms with van der Waals surface area (Å²) in [5, 5.41) is 12.4. The molecule has 0 saturated carbocycles. The number of phenolic OH excluding ortho intramolecular Hbond substituents is 1. The van der Waals surface area contributed by atoms with Crippen molar-refractivity contribution in [2.45, 2.75) is 0 Å². The van der Waals surface area contributed by atoms with Gasteiger partial charge in [-0.2, -0.15) is 0 Å². The molecule has 0 radical (unpaired) electrons. The maximum atomic E-state index is 12.5. The topological polar surface area (TPSA) is 66.4 Å². The minimum atomic E-state index is -0.289. The second-order valence-corrected chi connectivity index (χ2v) is 5.24. The van der Waals surface area contributed by atoms with Crippen LogP contribution in [0, 0.1) is 0 Å². The quantitative estimate of drug-likeness (QED) is 0.640. The predicted octanol–water partition coefficient (Wildman–Crippen LogP) is 3.61. The van der Waals surface area contributed by atoms with Gasteiger partial charge in [0.25, 0.3) is 0 Å². The zero-order chi connectivity index (χ0) is 15.4. The van der Waals surface area contributed by atoms with Crippen LogP contribution in [-0.4, -0.2) is 22.1 Å². The molecule has 0 unspecified atom stereocenters. The lowest BCUT2D eigenvalue weighted by molar-refractivity contribution is -0.113. The Balaban J connectivity index is 2.41. The molecule has 2 aromatic rings. The van der Waals surface area contributed by atoms with Crippen LogP contribution in [0.3, 0.4) is 0 Å². The summed E-state index contributed by atoms with van der Waals surface area (Å²) in [7, 11) is 0. The number of nitrogens with one attached hydrogen (secondary N) is 1. The molecule has 0 fully saturated rings. The highest BCUT2D eigenvalue weighted by atomic mass is 79.9. The van der Waals surface area contributed by atoms with Crippen molar-refractivity contribution in [3.05, 3.63) is 58.6 Å². The van der Waals surface area contributed by atoms with Crippen LogP contribution in [0.2, 0.25) is 5.02 Å². The van der Waals surface area contributed by atoms with Crippen molar-refractivity contribution >= 4 is 44.9 Å². The number of rotatable bonds is 4. The normalized spacial score (nSPS) is 10.2. The van der Waals surface area contributed by atoms with E-state index in [-0.39, 0.29) is 22.8 Å². The minimum absolute atomic E-state index is 0.0745. The Kier molecular flexibility index (Phi) is 4.98. The van der Waals surface area contributed by atoms with Gasteiger partial charge in [0.05, 0.1) is 11.0 Å². The molecule has 108 valence electrons. The number of benzene rings is 2. The van der Waals surface area contributed by atoms with E-state index in [0.29, 0.717) is 21.8 Å². The summed E-state index contributed by atoms with van der Waals surface area (Å²) in [6, 6.07) is 10.5. The van der Waals surface area contributed by atoms with Gasteiger partial charge in [-0.1, -0.05) is 27.5 Å². The van der Waals surface area contributed by atoms with Gasteiger partial charge in [0.15, 0.2) is 5.78 Å². The van der Waals surface area contributed by atoms with Crippen molar-refractivity contribution < 1.29 is 14.7 Å². The second kappa shape index (κ2) is 6.74. The first-order chi connectivity index (χ1) is 10.0. The first kappa shape index (κ1) is 15.5. The van der Waals surface area contributed by atoms with Gasteiger partial charge in [-0.15, -0.1) is 0 Å². The van der Waals surface area contributed by atoms with Crippen LogP contribution in [0.25, 0.3) is 0 Å². The van der Waals surface area contributed by atoms with E-state index >= 15 is 0 Å². The van der Waals surface area contributed by atoms with Gasteiger partial charge in [-0.25, -0.2) is 0 Å². The molecular formula is C15H11BrClNO3. The fraction of sp³-hybridized carbons (Fsp3) is 0.0667. The van der Waals surface area contributed by atoms with Crippen molar-refractivity contribution in [1.29, 1.82) is 0 Å². The van der Waals surface area contributed by atoms with Crippen molar-refractivity contribution in [2.24, 2.45) is 0 Å². The monoisotopic (exact) mass is 367 g/mol. The largest absolute Gasteiger partial charge is 0.508 e. The van der Waals surface area contributed by atoms with Gasteiger partial charge >= 0.3 is 0 Å². The third-order valence-electron chi connectivity index (χ3n) is 2.75. The van der Waals surface area contributed by atoms with Gasteiger partial charge in [0, 0.05) is 16.1 Å². The molecule has 0 aliphatic carbocycles. The molecular weight excluding hydrogens is 358 g/mol. The van der Waals surface area contributed by atoms with E-state index in [1.807, 2.05) is 0 Å². The van der Waals surface area contributed by atoms with E-state index < -0.39 is 0 Å². The fourth-order valence-electron chi connectivity index (χ4n) is 1.77. The fourth-order valence-corrected chi connectivity index (χ4v) is 2.08. The van der Waals surface area contributed by atoms with Crippen molar-refractivity contribution in [3.63, 3.8) is 0 Å². The highest BCUT2D eigenvalue weighted by Crippen LogP contribution is 2.24. The van der Waals surface area contributed by atoms with Crippen LogP contribution in [-0.2, 0) is 4.79 Å². The molecule has 0 saturated heterocycles. The van der Waals surface area contributed by atoms with Crippen LogP contribution in [0.5, 0.6) is 5.75 Å². The van der Waals surface area contributed by atoms with Crippen molar-refractivity contribution in [3.8, 4) is 5.75 Å². The molecule has 2 N–H and O–H groups in total. The van der Waals surface area contributed by atoms with Crippen LogP contribution < -0.4 is 5.32 Å². The first-order valence-electron chi connectivity index (χ1n) is 6.00. The third-order valence-corrected chi connectivity index (χ3v) is 3.50. The predicted molar refractivity (Wildman–Crippen MR) is 85.4 cm³/mol. The Hall–Kier alpha value is -1.85. The van der Waals surface area contributed by atoms with E-state index in [2.05, 4.69) is 21.2 Å². The molecule has 21 heavy (non-hydrogen) atoms. The Morgan fingerprint density at radius 3 is 2.43 bits per heavy atom. The number of anilines is 1. The average Bonchev–Trinajstić information content (AvgIpc) is 2.49. The summed E-state index contributed by atoms with van der Waals surface area (Å²) in [5.41, 5.74) is 1.08. The average molecular weight is 369 g/mol. The molecule has 6 heteroatoms. The maximum Gasteiger partial charge on any atom is 0.235 e. The molecule has 0 atom stereocenters. The Morgan fingerprint density at radius 1 is 1.14 bits per heavy atom. The molecule has 0 spiro atoms. The Labute approximate surface area is 134 Å². The summed E-state index contributed by atoms with van der Waals surface area (Å²) in [4.78, 5) is 24.0. The van der Waals surface area contributed by atoms with E-state index in [1.54, 1.807) is 12.1 Å². The molecule has 2 rings (SSSR count). The molecule has 0 aliphatic rings. The summed E-state index contributed by atoms with van der Waals surface area (Å²) in [6.45, 7) is 0. The number of halogens is 2. The van der Waals surface area contributed by atoms with Gasteiger partial charge < -0.3 is 10.4 Å². The summed E-state index contributed by atoms with van der Waals surface area (Å²) in [6.07, 6.45) is 0. The van der Waals surface area contributed by atoms with Crippen molar-refractivity contribution in [1.82, 2.24) is 0 Å². The standard InChI is InChI=1S/C15H11BrClNO3/c16-8-14(20)18-13-6-3-10(17)7-12(13)15(21)9-1-4-11(19)5-2-9/h1-7,19H,8H2,(H,18,20). The van der Waals surface area contributed by atoms with Gasteiger partial charge in [-0.05, 0) is 42.5 Å². The van der Waals surface area contributed by atoms with Crippen LogP contribution in [0.15, 0.2) is 42.5 Å². The molecule has 0 bridgehead atoms. The molecule has 4 nitrogen and oxygen atoms in total. The number of alkyl halides is 1. The van der Waals surface area contributed by atoms with E-state index in [4.69, 9.17) is 11.6 Å². The smallest absolute Gasteiger partial charge is 0.235 e. The number of ketones is 1. The highest BCUT2D eigenvalue weighted by molar-refractivity contribution is 9.09. The highest BCUT2D eigenvalue weighted by Gasteiger charge is 2.15. The number of amides is 1. The molecule has 1 amide bonds. The van der Waals surface area contributed by atoms with Crippen LogP contribution >= 0.6 is 27.5 Å². The number of carbonyl (C=O) groups is 2. The van der Waals surface area contributed by atoms with Gasteiger partial charge in [-0.3, -0.25) is 9.59 Å². The lowest BCUT2D eigenvalue weighted by atomic mass is 10.0. The second-order valence-electron chi connectivity index (χ2n) is 4.25. The summed E-state index contributed by atoms with van der Waals surface area (Å²) < 4.78 is 0. The third kappa shape index (κ3) is 3.83. The van der Waals surface area contributed by atoms with Gasteiger partial charge in [0.2, 0.25) is 5.91 Å². The summed E-state index contributed by atoms with van der Waals surface area (Å²) in [5.74, 6) is -0.482. The zero-order valence-corrected chi connectivity index (χ0v) is 13.1. The van der Waals surface area contributed by atoms with Crippen molar-refractivity contribution in [2.75, 3.05) is 10.6 Å². The van der Waals surface area contributed by atoms with Crippen LogP contribution in [0.1, 0.15) is 15.9 Å². The Bertz CT molecular complexity index is 686.